The Morgan fingerprint density at radius 3 is 2.81 bits per heavy atom. The van der Waals surface area contributed by atoms with E-state index in [9.17, 15) is 4.39 Å². The van der Waals surface area contributed by atoms with Crippen molar-refractivity contribution in [3.8, 4) is 0 Å². The van der Waals surface area contributed by atoms with Crippen LogP contribution in [0, 0.1) is 12.7 Å². The van der Waals surface area contributed by atoms with Crippen LogP contribution in [0.1, 0.15) is 37.0 Å². The molecule has 5 rings (SSSR count). The molecule has 0 aliphatic carbocycles. The van der Waals surface area contributed by atoms with E-state index in [0.29, 0.717) is 6.04 Å². The number of anilines is 1. The normalized spacial score (nSPS) is 17.8. The molecule has 0 saturated carbocycles. The molecule has 1 aromatic heterocycles. The lowest BCUT2D eigenvalue weighted by Crippen LogP contribution is -2.40. The molecule has 2 aromatic carbocycles. The van der Waals surface area contributed by atoms with Gasteiger partial charge in [-0.2, -0.15) is 0 Å². The molecular formula is C26H31FN4S. The van der Waals surface area contributed by atoms with E-state index in [4.69, 9.17) is 0 Å². The summed E-state index contributed by atoms with van der Waals surface area (Å²) in [5.74, 6) is -0.196. The number of hydrogen-bond acceptors (Lipinski definition) is 4. The summed E-state index contributed by atoms with van der Waals surface area (Å²) in [6, 6.07) is 12.2. The summed E-state index contributed by atoms with van der Waals surface area (Å²) in [6.07, 6.45) is 5.39. The van der Waals surface area contributed by atoms with Gasteiger partial charge in [-0.1, -0.05) is 24.3 Å². The van der Waals surface area contributed by atoms with E-state index >= 15 is 0 Å². The van der Waals surface area contributed by atoms with Crippen molar-refractivity contribution in [3.63, 3.8) is 0 Å². The zero-order valence-corrected chi connectivity index (χ0v) is 19.9. The average molecular weight is 451 g/mol. The lowest BCUT2D eigenvalue weighted by atomic mass is 9.99. The first kappa shape index (κ1) is 21.6. The second-order valence-electron chi connectivity index (χ2n) is 9.11. The van der Waals surface area contributed by atoms with Gasteiger partial charge in [0.2, 0.25) is 0 Å². The van der Waals surface area contributed by atoms with Crippen molar-refractivity contribution < 1.29 is 4.39 Å². The molecule has 0 atom stereocenters. The standard InChI is InChI=1S/C26H31FN4S/c1-18(2)31-17-21-6-4-5-19(3)26(21)30(32-31)14-13-29-11-9-20(10-12-29)24-16-28-25-15-22(27)7-8-23(24)25/h4-9,15-16,18,28H,10-14,17H2,1-3H3. The Balaban J connectivity index is 1.27. The maximum absolute atomic E-state index is 13.5. The number of benzene rings is 2. The maximum Gasteiger partial charge on any atom is 0.125 e. The van der Waals surface area contributed by atoms with Crippen molar-refractivity contribution in [2.75, 3.05) is 30.5 Å². The molecule has 2 aliphatic rings. The number of nitrogens with one attached hydrogen (secondary N) is 1. The largest absolute Gasteiger partial charge is 0.360 e. The Kier molecular flexibility index (Phi) is 6.01. The fourth-order valence-corrected chi connectivity index (χ4v) is 5.90. The molecule has 1 N–H and O–H groups in total. The summed E-state index contributed by atoms with van der Waals surface area (Å²) in [7, 11) is 0. The quantitative estimate of drug-likeness (QED) is 0.482. The maximum atomic E-state index is 13.5. The van der Waals surface area contributed by atoms with E-state index in [0.717, 1.165) is 50.0 Å². The molecule has 3 aromatic rings. The Bertz CT molecular complexity index is 1150. The van der Waals surface area contributed by atoms with Crippen molar-refractivity contribution in [1.29, 1.82) is 0 Å². The molecule has 168 valence electrons. The predicted molar refractivity (Wildman–Crippen MR) is 134 cm³/mol. The summed E-state index contributed by atoms with van der Waals surface area (Å²) < 4.78 is 18.5. The van der Waals surface area contributed by atoms with E-state index < -0.39 is 0 Å². The van der Waals surface area contributed by atoms with Gasteiger partial charge in [0.25, 0.3) is 0 Å². The highest BCUT2D eigenvalue weighted by molar-refractivity contribution is 7.98. The molecule has 0 fully saturated rings. The average Bonchev–Trinajstić information content (AvgIpc) is 3.20. The van der Waals surface area contributed by atoms with Crippen molar-refractivity contribution in [2.24, 2.45) is 0 Å². The lowest BCUT2D eigenvalue weighted by molar-refractivity contribution is 0.310. The van der Waals surface area contributed by atoms with Crippen molar-refractivity contribution >= 4 is 34.3 Å². The third-order valence-electron chi connectivity index (χ3n) is 6.58. The molecule has 0 saturated heterocycles. The third-order valence-corrected chi connectivity index (χ3v) is 7.90. The number of hydrogen-bond donors (Lipinski definition) is 1. The number of para-hydroxylation sites is 1. The molecule has 0 spiro atoms. The van der Waals surface area contributed by atoms with Crippen LogP contribution in [-0.2, 0) is 6.54 Å². The third kappa shape index (κ3) is 4.19. The lowest BCUT2D eigenvalue weighted by Gasteiger charge is -2.40. The minimum Gasteiger partial charge on any atom is -0.360 e. The fourth-order valence-electron chi connectivity index (χ4n) is 4.75. The van der Waals surface area contributed by atoms with Gasteiger partial charge < -0.3 is 9.29 Å². The molecular weight excluding hydrogens is 419 g/mol. The monoisotopic (exact) mass is 450 g/mol. The smallest absolute Gasteiger partial charge is 0.125 e. The minimum atomic E-state index is -0.196. The van der Waals surface area contributed by atoms with E-state index in [2.05, 4.69) is 63.5 Å². The van der Waals surface area contributed by atoms with E-state index in [1.165, 1.54) is 28.0 Å². The van der Waals surface area contributed by atoms with Crippen LogP contribution in [0.15, 0.2) is 48.7 Å². The summed E-state index contributed by atoms with van der Waals surface area (Å²) in [5, 5.41) is 1.11. The first-order valence-corrected chi connectivity index (χ1v) is 12.2. The second kappa shape index (κ2) is 8.93. The van der Waals surface area contributed by atoms with Gasteiger partial charge in [-0.15, -0.1) is 0 Å². The molecule has 0 radical (unpaired) electrons. The zero-order valence-electron chi connectivity index (χ0n) is 19.1. The van der Waals surface area contributed by atoms with Gasteiger partial charge in [0.15, 0.2) is 0 Å². The number of aryl methyl sites for hydroxylation is 1. The minimum absolute atomic E-state index is 0.196. The van der Waals surface area contributed by atoms with Crippen molar-refractivity contribution in [1.82, 2.24) is 14.2 Å². The van der Waals surface area contributed by atoms with Crippen LogP contribution < -0.4 is 4.31 Å². The molecule has 0 bridgehead atoms. The van der Waals surface area contributed by atoms with Gasteiger partial charge in [0, 0.05) is 73.6 Å². The number of nitrogens with zero attached hydrogens (tertiary/aromatic N) is 3. The van der Waals surface area contributed by atoms with E-state index in [1.807, 2.05) is 24.4 Å². The highest BCUT2D eigenvalue weighted by Crippen LogP contribution is 2.39. The number of halogens is 1. The highest BCUT2D eigenvalue weighted by atomic mass is 32.2. The summed E-state index contributed by atoms with van der Waals surface area (Å²) in [5.41, 5.74) is 7.62. The molecule has 32 heavy (non-hydrogen) atoms. The number of H-pyrrole nitrogens is 1. The van der Waals surface area contributed by atoms with Gasteiger partial charge in [0.05, 0.1) is 5.69 Å². The van der Waals surface area contributed by atoms with Gasteiger partial charge >= 0.3 is 0 Å². The van der Waals surface area contributed by atoms with Crippen LogP contribution in [0.5, 0.6) is 0 Å². The zero-order chi connectivity index (χ0) is 22.2. The second-order valence-corrected chi connectivity index (χ2v) is 10.2. The van der Waals surface area contributed by atoms with Gasteiger partial charge in [0.1, 0.15) is 5.82 Å². The SMILES string of the molecule is Cc1cccc2c1N(CCN1CC=C(c3c[nH]c4cc(F)ccc34)CC1)SN(C(C)C)C2. The van der Waals surface area contributed by atoms with E-state index in [-0.39, 0.29) is 5.82 Å². The van der Waals surface area contributed by atoms with Gasteiger partial charge in [-0.3, -0.25) is 4.90 Å². The Labute approximate surface area is 194 Å². The molecule has 4 nitrogen and oxygen atoms in total. The molecule has 0 unspecified atom stereocenters. The molecule has 3 heterocycles. The first-order chi connectivity index (χ1) is 15.5. The van der Waals surface area contributed by atoms with Crippen molar-refractivity contribution in [2.45, 2.75) is 39.8 Å². The fraction of sp³-hybridized carbons (Fsp3) is 0.385. The Morgan fingerprint density at radius 2 is 2.03 bits per heavy atom. The van der Waals surface area contributed by atoms with Crippen LogP contribution in [-0.4, -0.2) is 46.4 Å². The topological polar surface area (TPSA) is 25.5 Å². The summed E-state index contributed by atoms with van der Waals surface area (Å²) in [6.45, 7) is 11.8. The molecule has 0 amide bonds. The summed E-state index contributed by atoms with van der Waals surface area (Å²) in [4.78, 5) is 5.76. The number of aromatic nitrogens is 1. The van der Waals surface area contributed by atoms with Crippen LogP contribution >= 0.6 is 12.1 Å². The Hall–Kier alpha value is -2.28. The van der Waals surface area contributed by atoms with Crippen LogP contribution in [0.3, 0.4) is 0 Å². The molecule has 2 aliphatic heterocycles. The van der Waals surface area contributed by atoms with Gasteiger partial charge in [-0.05, 0) is 62.1 Å². The Morgan fingerprint density at radius 1 is 1.16 bits per heavy atom. The predicted octanol–water partition coefficient (Wildman–Crippen LogP) is 6.00. The van der Waals surface area contributed by atoms with Crippen LogP contribution in [0.25, 0.3) is 16.5 Å². The highest BCUT2D eigenvalue weighted by Gasteiger charge is 2.27. The first-order valence-electron chi connectivity index (χ1n) is 11.5. The number of aromatic amines is 1. The van der Waals surface area contributed by atoms with Crippen LogP contribution in [0.4, 0.5) is 10.1 Å². The number of fused-ring (bicyclic) bond motifs is 2. The number of rotatable bonds is 5. The van der Waals surface area contributed by atoms with Crippen molar-refractivity contribution in [3.05, 3.63) is 71.2 Å². The van der Waals surface area contributed by atoms with Crippen LogP contribution in [0.2, 0.25) is 0 Å². The van der Waals surface area contributed by atoms with Gasteiger partial charge in [-0.25, -0.2) is 8.70 Å². The molecule has 6 heteroatoms. The van der Waals surface area contributed by atoms with E-state index in [1.54, 1.807) is 12.1 Å². The summed E-state index contributed by atoms with van der Waals surface area (Å²) >= 11 is 1.88.